The van der Waals surface area contributed by atoms with Crippen LogP contribution >= 0.6 is 0 Å². The van der Waals surface area contributed by atoms with E-state index < -0.39 is 0 Å². The number of nitrogens with two attached hydrogens (primary N) is 1. The van der Waals surface area contributed by atoms with Crippen molar-refractivity contribution >= 4 is 5.95 Å². The smallest absolute Gasteiger partial charge is 0.257 e. The molecule has 0 bridgehead atoms. The van der Waals surface area contributed by atoms with Gasteiger partial charge in [-0.3, -0.25) is 9.78 Å². The first-order chi connectivity index (χ1) is 7.20. The fourth-order valence-corrected chi connectivity index (χ4v) is 1.88. The van der Waals surface area contributed by atoms with E-state index in [1.54, 1.807) is 0 Å². The Kier molecular flexibility index (Phi) is 2.70. The first kappa shape index (κ1) is 10.1. The number of nitrogens with one attached hydrogen (secondary N) is 2. The van der Waals surface area contributed by atoms with Gasteiger partial charge in [0.15, 0.2) is 5.95 Å². The van der Waals surface area contributed by atoms with Gasteiger partial charge in [-0.15, -0.1) is 0 Å². The summed E-state index contributed by atoms with van der Waals surface area (Å²) in [5.74, 6) is 0.125. The lowest BCUT2D eigenvalue weighted by Gasteiger charge is -2.11. The second kappa shape index (κ2) is 4.00. The molecule has 0 aliphatic carbocycles. The van der Waals surface area contributed by atoms with E-state index in [1.807, 2.05) is 0 Å². The Bertz CT molecular complexity index is 403. The standard InChI is InChI=1S/C9H14N4O2/c10-9-11-3-6(8(15)13-9)7-2-1-5(4-14)12-7/h3,5,7,12,14H,1-2,4H2,(H3,10,11,13,15)/t5-,7+/m0/s1. The summed E-state index contributed by atoms with van der Waals surface area (Å²) in [4.78, 5) is 17.9. The molecule has 0 spiro atoms. The first-order valence-electron chi connectivity index (χ1n) is 4.92. The van der Waals surface area contributed by atoms with Gasteiger partial charge in [-0.05, 0) is 12.8 Å². The largest absolute Gasteiger partial charge is 0.395 e. The van der Waals surface area contributed by atoms with Gasteiger partial charge in [0, 0.05) is 18.3 Å². The summed E-state index contributed by atoms with van der Waals surface area (Å²) in [6, 6.07) is 0.0472. The molecular formula is C9H14N4O2. The van der Waals surface area contributed by atoms with Gasteiger partial charge in [-0.1, -0.05) is 0 Å². The second-order valence-electron chi connectivity index (χ2n) is 3.73. The van der Waals surface area contributed by atoms with Gasteiger partial charge in [-0.2, -0.15) is 0 Å². The molecule has 0 aromatic carbocycles. The number of aliphatic hydroxyl groups is 1. The maximum atomic E-state index is 11.5. The van der Waals surface area contributed by atoms with E-state index in [1.165, 1.54) is 6.20 Å². The van der Waals surface area contributed by atoms with Gasteiger partial charge >= 0.3 is 0 Å². The van der Waals surface area contributed by atoms with Crippen LogP contribution < -0.4 is 16.6 Å². The zero-order chi connectivity index (χ0) is 10.8. The number of aromatic nitrogens is 2. The van der Waals surface area contributed by atoms with Crippen LogP contribution in [0, 0.1) is 0 Å². The van der Waals surface area contributed by atoms with Crippen molar-refractivity contribution in [2.45, 2.75) is 24.9 Å². The number of anilines is 1. The van der Waals surface area contributed by atoms with E-state index in [0.717, 1.165) is 12.8 Å². The summed E-state index contributed by atoms with van der Waals surface area (Å²) < 4.78 is 0. The van der Waals surface area contributed by atoms with Crippen LogP contribution in [0.25, 0.3) is 0 Å². The van der Waals surface area contributed by atoms with Gasteiger partial charge in [0.2, 0.25) is 0 Å². The van der Waals surface area contributed by atoms with Crippen LogP contribution in [-0.2, 0) is 0 Å². The van der Waals surface area contributed by atoms with E-state index in [2.05, 4.69) is 15.3 Å². The van der Waals surface area contributed by atoms with Crippen molar-refractivity contribution in [2.75, 3.05) is 12.3 Å². The van der Waals surface area contributed by atoms with Gasteiger partial charge in [-0.25, -0.2) is 4.98 Å². The van der Waals surface area contributed by atoms with Gasteiger partial charge in [0.1, 0.15) is 0 Å². The Morgan fingerprint density at radius 1 is 1.60 bits per heavy atom. The predicted octanol–water partition coefficient (Wildman–Crippen LogP) is -0.863. The predicted molar refractivity (Wildman–Crippen MR) is 55.3 cm³/mol. The van der Waals surface area contributed by atoms with Crippen LogP contribution in [-0.4, -0.2) is 27.7 Å². The Labute approximate surface area is 86.5 Å². The lowest BCUT2D eigenvalue weighted by atomic mass is 10.1. The fraction of sp³-hybridized carbons (Fsp3) is 0.556. The average molecular weight is 210 g/mol. The molecule has 1 aliphatic rings. The lowest BCUT2D eigenvalue weighted by molar-refractivity contribution is 0.251. The van der Waals surface area contributed by atoms with Crippen molar-refractivity contribution in [1.82, 2.24) is 15.3 Å². The number of nitrogens with zero attached hydrogens (tertiary/aromatic N) is 1. The molecule has 6 heteroatoms. The van der Waals surface area contributed by atoms with Crippen LogP contribution in [0.3, 0.4) is 0 Å². The van der Waals surface area contributed by atoms with Crippen LogP contribution in [0.2, 0.25) is 0 Å². The Morgan fingerprint density at radius 3 is 3.00 bits per heavy atom. The fourth-order valence-electron chi connectivity index (χ4n) is 1.88. The van der Waals surface area contributed by atoms with Crippen LogP contribution in [0.4, 0.5) is 5.95 Å². The van der Waals surface area contributed by atoms with Crippen LogP contribution in [0.5, 0.6) is 0 Å². The lowest BCUT2D eigenvalue weighted by Crippen LogP contribution is -2.30. The molecule has 0 amide bonds. The third-order valence-electron chi connectivity index (χ3n) is 2.68. The van der Waals surface area contributed by atoms with Crippen LogP contribution in [0.15, 0.2) is 11.0 Å². The van der Waals surface area contributed by atoms with E-state index in [4.69, 9.17) is 10.8 Å². The maximum absolute atomic E-state index is 11.5. The summed E-state index contributed by atoms with van der Waals surface area (Å²) >= 11 is 0. The first-order valence-corrected chi connectivity index (χ1v) is 4.92. The average Bonchev–Trinajstić information content (AvgIpc) is 2.66. The SMILES string of the molecule is Nc1ncc([C@H]2CC[C@@H](CO)N2)c(=O)[nH]1. The van der Waals surface area contributed by atoms with Crippen molar-refractivity contribution < 1.29 is 5.11 Å². The molecule has 0 radical (unpaired) electrons. The van der Waals surface area contributed by atoms with Crippen molar-refractivity contribution in [3.05, 3.63) is 22.1 Å². The number of aliphatic hydroxyl groups excluding tert-OH is 1. The molecule has 0 saturated carbocycles. The minimum Gasteiger partial charge on any atom is -0.395 e. The Morgan fingerprint density at radius 2 is 2.40 bits per heavy atom. The van der Waals surface area contributed by atoms with E-state index in [0.29, 0.717) is 5.56 Å². The van der Waals surface area contributed by atoms with Crippen molar-refractivity contribution in [3.8, 4) is 0 Å². The molecule has 2 atom stereocenters. The zero-order valence-corrected chi connectivity index (χ0v) is 8.23. The number of rotatable bonds is 2. The highest BCUT2D eigenvalue weighted by Crippen LogP contribution is 2.23. The van der Waals surface area contributed by atoms with Crippen LogP contribution in [0.1, 0.15) is 24.4 Å². The van der Waals surface area contributed by atoms with Gasteiger partial charge in [0.25, 0.3) is 5.56 Å². The monoisotopic (exact) mass is 210 g/mol. The molecule has 5 N–H and O–H groups in total. The number of aromatic amines is 1. The van der Waals surface area contributed by atoms with Gasteiger partial charge < -0.3 is 16.2 Å². The second-order valence-corrected chi connectivity index (χ2v) is 3.73. The highest BCUT2D eigenvalue weighted by atomic mass is 16.3. The summed E-state index contributed by atoms with van der Waals surface area (Å²) in [6.07, 6.45) is 3.19. The molecule has 1 aromatic heterocycles. The summed E-state index contributed by atoms with van der Waals surface area (Å²) in [6.45, 7) is 0.0941. The maximum Gasteiger partial charge on any atom is 0.257 e. The molecule has 2 rings (SSSR count). The zero-order valence-electron chi connectivity index (χ0n) is 8.23. The normalized spacial score (nSPS) is 25.7. The summed E-state index contributed by atoms with van der Waals surface area (Å²) in [7, 11) is 0. The van der Waals surface area contributed by atoms with Crippen molar-refractivity contribution in [1.29, 1.82) is 0 Å². The molecule has 1 aromatic rings. The number of nitrogen functional groups attached to an aromatic ring is 1. The van der Waals surface area contributed by atoms with E-state index in [9.17, 15) is 4.79 Å². The highest BCUT2D eigenvalue weighted by Gasteiger charge is 2.26. The minimum absolute atomic E-state index is 0.0287. The molecule has 82 valence electrons. The highest BCUT2D eigenvalue weighted by molar-refractivity contribution is 5.20. The number of hydrogen-bond donors (Lipinski definition) is 4. The molecule has 0 unspecified atom stereocenters. The molecule has 6 nitrogen and oxygen atoms in total. The molecule has 2 heterocycles. The van der Waals surface area contributed by atoms with Crippen molar-refractivity contribution in [3.63, 3.8) is 0 Å². The molecular weight excluding hydrogens is 196 g/mol. The number of H-pyrrole nitrogens is 1. The third kappa shape index (κ3) is 2.00. The number of hydrogen-bond acceptors (Lipinski definition) is 5. The summed E-state index contributed by atoms with van der Waals surface area (Å²) in [5.41, 5.74) is 5.73. The quantitative estimate of drug-likeness (QED) is 0.508. The van der Waals surface area contributed by atoms with E-state index >= 15 is 0 Å². The minimum atomic E-state index is -0.210. The van der Waals surface area contributed by atoms with E-state index in [-0.39, 0.29) is 30.2 Å². The Balaban J connectivity index is 2.20. The van der Waals surface area contributed by atoms with Gasteiger partial charge in [0.05, 0.1) is 12.2 Å². The molecule has 1 aliphatic heterocycles. The van der Waals surface area contributed by atoms with Crippen molar-refractivity contribution in [2.24, 2.45) is 0 Å². The summed E-state index contributed by atoms with van der Waals surface area (Å²) in [5, 5.41) is 12.1. The molecule has 1 fully saturated rings. The molecule has 15 heavy (non-hydrogen) atoms. The molecule has 1 saturated heterocycles. The third-order valence-corrected chi connectivity index (χ3v) is 2.68. The topological polar surface area (TPSA) is 104 Å². The Hall–Kier alpha value is -1.40.